The van der Waals surface area contributed by atoms with Gasteiger partial charge < -0.3 is 25.1 Å². The minimum absolute atomic E-state index is 0.158. The first-order chi connectivity index (χ1) is 21.6. The Kier molecular flexibility index (Phi) is 9.19. The molecule has 6 rings (SSSR count). The van der Waals surface area contributed by atoms with Gasteiger partial charge in [-0.05, 0) is 66.9 Å². The van der Waals surface area contributed by atoms with Crippen molar-refractivity contribution >= 4 is 34.4 Å². The number of piperidine rings is 1. The van der Waals surface area contributed by atoms with Gasteiger partial charge >= 0.3 is 0 Å². The number of carbonyl (C=O) groups is 1. The fourth-order valence-corrected chi connectivity index (χ4v) is 5.49. The van der Waals surface area contributed by atoms with Crippen molar-refractivity contribution in [2.75, 3.05) is 38.7 Å². The van der Waals surface area contributed by atoms with E-state index in [1.165, 1.54) is 5.56 Å². The lowest BCUT2D eigenvalue weighted by atomic mass is 10.0. The molecule has 0 bridgehead atoms. The summed E-state index contributed by atoms with van der Waals surface area (Å²) in [5.74, 6) is 2.11. The Morgan fingerprint density at radius 3 is 2.48 bits per heavy atom. The number of benzene rings is 2. The van der Waals surface area contributed by atoms with Crippen molar-refractivity contribution in [3.05, 3.63) is 95.4 Å². The van der Waals surface area contributed by atoms with Gasteiger partial charge in [0.05, 0.1) is 30.6 Å². The average Bonchev–Trinajstić information content (AvgIpc) is 3.51. The third-order valence-corrected chi connectivity index (χ3v) is 7.99. The van der Waals surface area contributed by atoms with Gasteiger partial charge in [-0.2, -0.15) is 0 Å². The summed E-state index contributed by atoms with van der Waals surface area (Å²) in [4.78, 5) is 31.2. The number of imidazole rings is 1. The van der Waals surface area contributed by atoms with Gasteiger partial charge in [0.1, 0.15) is 29.4 Å². The standard InChI is InChI=1S/C33H34ClN7O3/c1-43-26-6-2-22(3-7-26)21-41-17-12-25(13-18-41)38-29-28(34)20-37-32-30(29)39-31(40-32)23-4-8-27(9-5-23)44-19-16-36-33(42)24-10-14-35-15-11-24/h2-11,14-15,20,25H,12-13,16-19,21H2,1H3,(H,36,42)(H2,37,38,39,40). The first-order valence-corrected chi connectivity index (χ1v) is 15.0. The van der Waals surface area contributed by atoms with Crippen LogP contribution in [0, 0.1) is 0 Å². The molecule has 0 radical (unpaired) electrons. The molecule has 0 spiro atoms. The molecule has 0 aliphatic carbocycles. The van der Waals surface area contributed by atoms with Gasteiger partial charge in [-0.15, -0.1) is 0 Å². The Morgan fingerprint density at radius 2 is 1.75 bits per heavy atom. The summed E-state index contributed by atoms with van der Waals surface area (Å²) in [6.45, 7) is 3.65. The minimum atomic E-state index is -0.158. The second-order valence-electron chi connectivity index (χ2n) is 10.7. The monoisotopic (exact) mass is 611 g/mol. The molecule has 0 saturated carbocycles. The topological polar surface area (TPSA) is 117 Å². The number of nitrogens with one attached hydrogen (secondary N) is 3. The molecule has 10 nitrogen and oxygen atoms in total. The summed E-state index contributed by atoms with van der Waals surface area (Å²) in [6, 6.07) is 19.6. The fourth-order valence-electron chi connectivity index (χ4n) is 5.29. The molecule has 3 aromatic heterocycles. The van der Waals surface area contributed by atoms with E-state index in [0.717, 1.165) is 55.0 Å². The van der Waals surface area contributed by atoms with E-state index < -0.39 is 0 Å². The Bertz CT molecular complexity index is 1690. The lowest BCUT2D eigenvalue weighted by Crippen LogP contribution is -2.38. The molecule has 2 aromatic carbocycles. The number of carbonyl (C=O) groups excluding carboxylic acids is 1. The first kappa shape index (κ1) is 29.4. The van der Waals surface area contributed by atoms with Crippen molar-refractivity contribution in [3.63, 3.8) is 0 Å². The van der Waals surface area contributed by atoms with E-state index in [2.05, 4.69) is 42.6 Å². The SMILES string of the molecule is COc1ccc(CN2CCC(Nc3c(Cl)cnc4nc(-c5ccc(OCCNC(=O)c6ccncc6)cc5)[nH]c34)CC2)cc1. The molecule has 1 aliphatic rings. The maximum atomic E-state index is 12.2. The predicted octanol–water partition coefficient (Wildman–Crippen LogP) is 5.57. The second-order valence-corrected chi connectivity index (χ2v) is 11.1. The highest BCUT2D eigenvalue weighted by molar-refractivity contribution is 6.34. The number of anilines is 1. The van der Waals surface area contributed by atoms with Crippen molar-refractivity contribution in [1.29, 1.82) is 0 Å². The third kappa shape index (κ3) is 7.10. The number of aromatic nitrogens is 4. The van der Waals surface area contributed by atoms with Crippen molar-refractivity contribution < 1.29 is 14.3 Å². The molecule has 1 saturated heterocycles. The van der Waals surface area contributed by atoms with Gasteiger partial charge in [-0.1, -0.05) is 23.7 Å². The number of pyridine rings is 2. The largest absolute Gasteiger partial charge is 0.497 e. The normalized spacial score (nSPS) is 14.0. The van der Waals surface area contributed by atoms with Crippen LogP contribution in [0.1, 0.15) is 28.8 Å². The minimum Gasteiger partial charge on any atom is -0.497 e. The molecule has 1 aliphatic heterocycles. The number of rotatable bonds is 11. The highest BCUT2D eigenvalue weighted by Crippen LogP contribution is 2.32. The molecule has 4 heterocycles. The number of methoxy groups -OCH3 is 1. The number of hydrogen-bond donors (Lipinski definition) is 3. The van der Waals surface area contributed by atoms with Gasteiger partial charge in [0.15, 0.2) is 5.65 Å². The number of halogens is 1. The molecule has 11 heteroatoms. The summed E-state index contributed by atoms with van der Waals surface area (Å²) in [6.07, 6.45) is 6.85. The zero-order chi connectivity index (χ0) is 30.3. The smallest absolute Gasteiger partial charge is 0.251 e. The van der Waals surface area contributed by atoms with Gasteiger partial charge in [0.25, 0.3) is 5.91 Å². The average molecular weight is 612 g/mol. The van der Waals surface area contributed by atoms with Crippen LogP contribution in [-0.4, -0.2) is 70.1 Å². The number of aromatic amines is 1. The van der Waals surface area contributed by atoms with E-state index in [9.17, 15) is 4.79 Å². The Morgan fingerprint density at radius 1 is 1.02 bits per heavy atom. The van der Waals surface area contributed by atoms with Crippen molar-refractivity contribution in [1.82, 2.24) is 30.2 Å². The molecule has 1 fully saturated rings. The zero-order valence-corrected chi connectivity index (χ0v) is 25.2. The molecule has 1 amide bonds. The van der Waals surface area contributed by atoms with E-state index in [1.807, 2.05) is 36.4 Å². The quantitative estimate of drug-likeness (QED) is 0.166. The van der Waals surface area contributed by atoms with E-state index in [0.29, 0.717) is 47.0 Å². The molecule has 5 aromatic rings. The number of fused-ring (bicyclic) bond motifs is 1. The first-order valence-electron chi connectivity index (χ1n) is 14.6. The zero-order valence-electron chi connectivity index (χ0n) is 24.4. The van der Waals surface area contributed by atoms with Crippen LogP contribution in [0.5, 0.6) is 11.5 Å². The van der Waals surface area contributed by atoms with Crippen molar-refractivity contribution in [2.45, 2.75) is 25.4 Å². The Labute approximate surface area is 260 Å². The molecule has 44 heavy (non-hydrogen) atoms. The van der Waals surface area contributed by atoms with Gasteiger partial charge in [0, 0.05) is 49.2 Å². The van der Waals surface area contributed by atoms with Crippen LogP contribution in [0.25, 0.3) is 22.6 Å². The number of likely N-dealkylation sites (tertiary alicyclic amines) is 1. The van der Waals surface area contributed by atoms with E-state index in [1.54, 1.807) is 37.8 Å². The summed E-state index contributed by atoms with van der Waals surface area (Å²) < 4.78 is 11.1. The van der Waals surface area contributed by atoms with Crippen LogP contribution in [0.4, 0.5) is 5.69 Å². The molecule has 3 N–H and O–H groups in total. The Hall–Kier alpha value is -4.67. The van der Waals surface area contributed by atoms with E-state index in [4.69, 9.17) is 26.1 Å². The molecule has 0 atom stereocenters. The lowest BCUT2D eigenvalue weighted by molar-refractivity contribution is 0.0947. The number of amides is 1. The molecule has 0 unspecified atom stereocenters. The number of hydrogen-bond acceptors (Lipinski definition) is 8. The van der Waals surface area contributed by atoms with Crippen LogP contribution in [0.2, 0.25) is 5.02 Å². The Balaban J connectivity index is 1.04. The van der Waals surface area contributed by atoms with E-state index >= 15 is 0 Å². The highest BCUT2D eigenvalue weighted by atomic mass is 35.5. The number of nitrogens with zero attached hydrogens (tertiary/aromatic N) is 4. The molecule has 226 valence electrons. The highest BCUT2D eigenvalue weighted by Gasteiger charge is 2.22. The van der Waals surface area contributed by atoms with Crippen LogP contribution in [0.15, 0.2) is 79.3 Å². The van der Waals surface area contributed by atoms with Crippen molar-refractivity contribution in [3.8, 4) is 22.9 Å². The predicted molar refractivity (Wildman–Crippen MR) is 171 cm³/mol. The summed E-state index contributed by atoms with van der Waals surface area (Å²) in [5, 5.41) is 7.08. The lowest BCUT2D eigenvalue weighted by Gasteiger charge is -2.33. The summed E-state index contributed by atoms with van der Waals surface area (Å²) in [7, 11) is 1.69. The van der Waals surface area contributed by atoms with Gasteiger partial charge in [0.2, 0.25) is 0 Å². The fraction of sp³-hybridized carbons (Fsp3) is 0.273. The third-order valence-electron chi connectivity index (χ3n) is 7.70. The second kappa shape index (κ2) is 13.7. The van der Waals surface area contributed by atoms with Crippen LogP contribution < -0.4 is 20.1 Å². The van der Waals surface area contributed by atoms with Crippen molar-refractivity contribution in [2.24, 2.45) is 0 Å². The maximum Gasteiger partial charge on any atom is 0.251 e. The molecular weight excluding hydrogens is 578 g/mol. The number of H-pyrrole nitrogens is 1. The van der Waals surface area contributed by atoms with Crippen LogP contribution in [0.3, 0.4) is 0 Å². The summed E-state index contributed by atoms with van der Waals surface area (Å²) >= 11 is 6.64. The van der Waals surface area contributed by atoms with Gasteiger partial charge in [-0.25, -0.2) is 9.97 Å². The summed E-state index contributed by atoms with van der Waals surface area (Å²) in [5.41, 5.74) is 4.97. The van der Waals surface area contributed by atoms with Crippen LogP contribution in [-0.2, 0) is 6.54 Å². The van der Waals surface area contributed by atoms with Gasteiger partial charge in [-0.3, -0.25) is 14.7 Å². The maximum absolute atomic E-state index is 12.2. The van der Waals surface area contributed by atoms with E-state index in [-0.39, 0.29) is 5.91 Å². The number of ether oxygens (including phenoxy) is 2. The molecular formula is C33H34ClN7O3. The van der Waals surface area contributed by atoms with Crippen LogP contribution >= 0.6 is 11.6 Å².